The van der Waals surface area contributed by atoms with Crippen molar-refractivity contribution >= 4 is 24.8 Å². The fraction of sp³-hybridized carbons (Fsp3) is 0.700. The number of aromatic nitrogens is 2. The molecular weight excluding hydrogens is 247 g/mol. The molecular formula is C10H22Cl2N4. The molecule has 1 N–H and O–H groups in total. The summed E-state index contributed by atoms with van der Waals surface area (Å²) >= 11 is 0. The van der Waals surface area contributed by atoms with Crippen LogP contribution >= 0.6 is 24.8 Å². The van der Waals surface area contributed by atoms with Gasteiger partial charge in [-0.2, -0.15) is 5.10 Å². The van der Waals surface area contributed by atoms with E-state index in [0.29, 0.717) is 0 Å². The van der Waals surface area contributed by atoms with E-state index in [9.17, 15) is 0 Å². The molecule has 0 aliphatic rings. The van der Waals surface area contributed by atoms with E-state index in [0.717, 1.165) is 25.3 Å². The number of nitrogens with one attached hydrogen (secondary N) is 1. The number of likely N-dealkylation sites (N-methyl/N-ethyl adjacent to an activating group) is 1. The lowest BCUT2D eigenvalue weighted by Crippen LogP contribution is -2.26. The second kappa shape index (κ2) is 8.82. The predicted molar refractivity (Wildman–Crippen MR) is 72.7 cm³/mol. The molecule has 0 aromatic carbocycles. The fourth-order valence-electron chi connectivity index (χ4n) is 1.35. The molecule has 0 unspecified atom stereocenters. The van der Waals surface area contributed by atoms with Crippen molar-refractivity contribution in [1.29, 1.82) is 0 Å². The maximum absolute atomic E-state index is 4.29. The number of aryl methyl sites for hydroxylation is 2. The Morgan fingerprint density at radius 1 is 1.38 bits per heavy atom. The van der Waals surface area contributed by atoms with E-state index in [1.165, 1.54) is 5.56 Å². The summed E-state index contributed by atoms with van der Waals surface area (Å²) in [6.07, 6.45) is 2.07. The quantitative estimate of drug-likeness (QED) is 0.816. The minimum absolute atomic E-state index is 0. The van der Waals surface area contributed by atoms with Crippen LogP contribution in [0.4, 0.5) is 0 Å². The maximum Gasteiger partial charge on any atom is 0.0638 e. The zero-order chi connectivity index (χ0) is 10.6. The minimum atomic E-state index is 0. The van der Waals surface area contributed by atoms with Gasteiger partial charge < -0.3 is 10.2 Å². The lowest BCUT2D eigenvalue weighted by atomic mass is 10.2. The molecule has 0 radical (unpaired) electrons. The molecule has 16 heavy (non-hydrogen) atoms. The first kappa shape index (κ1) is 18.1. The van der Waals surface area contributed by atoms with Gasteiger partial charge in [0.25, 0.3) is 0 Å². The summed E-state index contributed by atoms with van der Waals surface area (Å²) in [6, 6.07) is 0. The van der Waals surface area contributed by atoms with Crippen molar-refractivity contribution in [2.75, 3.05) is 27.2 Å². The molecule has 0 bridgehead atoms. The van der Waals surface area contributed by atoms with E-state index in [1.807, 2.05) is 18.7 Å². The van der Waals surface area contributed by atoms with Crippen LogP contribution < -0.4 is 5.32 Å². The van der Waals surface area contributed by atoms with Crippen LogP contribution in [0.15, 0.2) is 6.20 Å². The Kier molecular flexibility index (Phi) is 9.96. The normalized spacial score (nSPS) is 9.81. The zero-order valence-corrected chi connectivity index (χ0v) is 12.0. The van der Waals surface area contributed by atoms with Gasteiger partial charge in [-0.25, -0.2) is 0 Å². The molecule has 0 fully saturated rings. The van der Waals surface area contributed by atoms with Crippen LogP contribution in [0.5, 0.6) is 0 Å². The van der Waals surface area contributed by atoms with E-state index in [2.05, 4.69) is 35.6 Å². The monoisotopic (exact) mass is 268 g/mol. The maximum atomic E-state index is 4.29. The number of nitrogens with zero attached hydrogens (tertiary/aromatic N) is 3. The largest absolute Gasteiger partial charge is 0.311 e. The van der Waals surface area contributed by atoms with Gasteiger partial charge >= 0.3 is 0 Å². The molecule has 0 atom stereocenters. The van der Waals surface area contributed by atoms with Gasteiger partial charge in [-0.1, -0.05) is 0 Å². The van der Waals surface area contributed by atoms with Crippen LogP contribution in [0.3, 0.4) is 0 Å². The van der Waals surface area contributed by atoms with Crippen molar-refractivity contribution in [2.24, 2.45) is 7.05 Å². The number of halogens is 2. The van der Waals surface area contributed by atoms with Crippen molar-refractivity contribution in [3.05, 3.63) is 17.5 Å². The average molecular weight is 269 g/mol. The van der Waals surface area contributed by atoms with Gasteiger partial charge in [0, 0.05) is 38.4 Å². The topological polar surface area (TPSA) is 33.1 Å². The van der Waals surface area contributed by atoms with Gasteiger partial charge in [-0.3, -0.25) is 4.68 Å². The van der Waals surface area contributed by atoms with Crippen molar-refractivity contribution < 1.29 is 0 Å². The van der Waals surface area contributed by atoms with Crippen molar-refractivity contribution in [3.8, 4) is 0 Å². The summed E-state index contributed by atoms with van der Waals surface area (Å²) in [7, 11) is 6.12. The van der Waals surface area contributed by atoms with E-state index < -0.39 is 0 Å². The summed E-state index contributed by atoms with van der Waals surface area (Å²) in [4.78, 5) is 2.17. The lowest BCUT2D eigenvalue weighted by molar-refractivity contribution is 0.400. The minimum Gasteiger partial charge on any atom is -0.311 e. The zero-order valence-electron chi connectivity index (χ0n) is 10.4. The van der Waals surface area contributed by atoms with Crippen molar-refractivity contribution in [2.45, 2.75) is 13.5 Å². The summed E-state index contributed by atoms with van der Waals surface area (Å²) in [5.74, 6) is 0. The third-order valence-electron chi connectivity index (χ3n) is 2.17. The molecule has 4 nitrogen and oxygen atoms in total. The van der Waals surface area contributed by atoms with Crippen molar-refractivity contribution in [1.82, 2.24) is 20.0 Å². The highest BCUT2D eigenvalue weighted by Crippen LogP contribution is 2.03. The average Bonchev–Trinajstić information content (AvgIpc) is 2.39. The molecule has 1 aromatic heterocycles. The molecule has 0 aliphatic carbocycles. The van der Waals surface area contributed by atoms with Gasteiger partial charge in [-0.05, 0) is 21.0 Å². The summed E-state index contributed by atoms with van der Waals surface area (Å²) in [5.41, 5.74) is 2.40. The first-order valence-corrected chi connectivity index (χ1v) is 4.94. The highest BCUT2D eigenvalue weighted by atomic mass is 35.5. The van der Waals surface area contributed by atoms with Gasteiger partial charge in [0.2, 0.25) is 0 Å². The Morgan fingerprint density at radius 2 is 2.00 bits per heavy atom. The Balaban J connectivity index is 0. The second-order valence-corrected chi connectivity index (χ2v) is 3.89. The third-order valence-corrected chi connectivity index (χ3v) is 2.17. The molecule has 1 aromatic rings. The second-order valence-electron chi connectivity index (χ2n) is 3.89. The highest BCUT2D eigenvalue weighted by Gasteiger charge is 2.01. The number of rotatable bonds is 5. The molecule has 0 saturated carbocycles. The number of hydrogen-bond acceptors (Lipinski definition) is 3. The van der Waals surface area contributed by atoms with Gasteiger partial charge in [0.05, 0.1) is 5.69 Å². The Hall–Kier alpha value is -0.290. The smallest absolute Gasteiger partial charge is 0.0638 e. The molecule has 96 valence electrons. The van der Waals surface area contributed by atoms with Gasteiger partial charge in [-0.15, -0.1) is 24.8 Å². The van der Waals surface area contributed by atoms with Crippen LogP contribution in [0.1, 0.15) is 11.3 Å². The Labute approximate surface area is 110 Å². The predicted octanol–water partition coefficient (Wildman–Crippen LogP) is 1.22. The van der Waals surface area contributed by atoms with Crippen LogP contribution in [-0.2, 0) is 13.6 Å². The number of hydrogen-bond donors (Lipinski definition) is 1. The molecule has 0 spiro atoms. The molecule has 0 saturated heterocycles. The van der Waals surface area contributed by atoms with Crippen LogP contribution in [0, 0.1) is 6.92 Å². The summed E-state index contributed by atoms with van der Waals surface area (Å²) < 4.78 is 1.86. The molecule has 1 rings (SSSR count). The van der Waals surface area contributed by atoms with Crippen LogP contribution in [0.25, 0.3) is 0 Å². The van der Waals surface area contributed by atoms with E-state index in [1.54, 1.807) is 0 Å². The summed E-state index contributed by atoms with van der Waals surface area (Å²) in [5, 5.41) is 7.68. The SMILES string of the molecule is Cc1nn(C)cc1CNCCN(C)C.Cl.Cl. The fourth-order valence-corrected chi connectivity index (χ4v) is 1.35. The van der Waals surface area contributed by atoms with Crippen LogP contribution in [0.2, 0.25) is 0 Å². The van der Waals surface area contributed by atoms with Crippen LogP contribution in [-0.4, -0.2) is 41.9 Å². The van der Waals surface area contributed by atoms with E-state index in [4.69, 9.17) is 0 Å². The Morgan fingerprint density at radius 3 is 2.44 bits per heavy atom. The Bertz CT molecular complexity index is 286. The highest BCUT2D eigenvalue weighted by molar-refractivity contribution is 5.85. The molecule has 0 amide bonds. The third kappa shape index (κ3) is 6.33. The molecule has 0 aliphatic heterocycles. The summed E-state index contributed by atoms with van der Waals surface area (Å²) in [6.45, 7) is 5.04. The lowest BCUT2D eigenvalue weighted by Gasteiger charge is -2.09. The molecule has 6 heteroatoms. The first-order chi connectivity index (χ1) is 6.59. The van der Waals surface area contributed by atoms with E-state index >= 15 is 0 Å². The van der Waals surface area contributed by atoms with E-state index in [-0.39, 0.29) is 24.8 Å². The molecule has 1 heterocycles. The standard InChI is InChI=1S/C10H20N4.2ClH/c1-9-10(8-14(4)12-9)7-11-5-6-13(2)3;;/h8,11H,5-7H2,1-4H3;2*1H. The first-order valence-electron chi connectivity index (χ1n) is 4.94. The van der Waals surface area contributed by atoms with Gasteiger partial charge in [0.1, 0.15) is 0 Å². The van der Waals surface area contributed by atoms with Gasteiger partial charge in [0.15, 0.2) is 0 Å². The van der Waals surface area contributed by atoms with Crippen molar-refractivity contribution in [3.63, 3.8) is 0 Å².